The molecule has 1 atom stereocenters. The summed E-state index contributed by atoms with van der Waals surface area (Å²) in [5.41, 5.74) is 0. The number of carboxylic acid groups (broad SMARTS) is 1. The molecule has 0 heterocycles. The highest BCUT2D eigenvalue weighted by molar-refractivity contribution is 5.67. The van der Waals surface area contributed by atoms with Crippen molar-refractivity contribution < 1.29 is 19.4 Å². The normalized spacial score (nSPS) is 12.8. The van der Waals surface area contributed by atoms with Gasteiger partial charge in [0.05, 0.1) is 19.8 Å². The Balaban J connectivity index is 3.33. The fourth-order valence-corrected chi connectivity index (χ4v) is 1.87. The number of unbranched alkanes of at least 4 members (excludes halogenated alkanes) is 1. The molecule has 0 aliphatic rings. The van der Waals surface area contributed by atoms with Gasteiger partial charge in [-0.1, -0.05) is 26.7 Å². The summed E-state index contributed by atoms with van der Waals surface area (Å²) in [6.07, 6.45) is 3.84. The topological polar surface area (TPSA) is 59.0 Å². The molecule has 1 N–H and O–H groups in total. The standard InChI is InChI=1S/C14H29NO4/c1-4-5-6-13(2)11-15(3)7-8-18-9-10-19-12-14(16)17/h13H,4-12H2,1-3H3,(H,16,17)/t13-/m0/s1. The average Bonchev–Trinajstić information content (AvgIpc) is 2.34. The Hall–Kier alpha value is -0.650. The zero-order chi connectivity index (χ0) is 14.5. The van der Waals surface area contributed by atoms with Crippen LogP contribution < -0.4 is 0 Å². The Morgan fingerprint density at radius 2 is 1.95 bits per heavy atom. The van der Waals surface area contributed by atoms with E-state index >= 15 is 0 Å². The van der Waals surface area contributed by atoms with Gasteiger partial charge in [-0.2, -0.15) is 0 Å². The van der Waals surface area contributed by atoms with Crippen LogP contribution in [0, 0.1) is 5.92 Å². The summed E-state index contributed by atoms with van der Waals surface area (Å²) >= 11 is 0. The summed E-state index contributed by atoms with van der Waals surface area (Å²) in [7, 11) is 2.10. The zero-order valence-electron chi connectivity index (χ0n) is 12.6. The molecule has 114 valence electrons. The fourth-order valence-electron chi connectivity index (χ4n) is 1.87. The fraction of sp³-hybridized carbons (Fsp3) is 0.929. The van der Waals surface area contributed by atoms with Crippen molar-refractivity contribution in [3.63, 3.8) is 0 Å². The highest BCUT2D eigenvalue weighted by Gasteiger charge is 2.05. The molecule has 5 heteroatoms. The first-order chi connectivity index (χ1) is 9.06. The van der Waals surface area contributed by atoms with E-state index in [1.165, 1.54) is 19.3 Å². The van der Waals surface area contributed by atoms with E-state index in [1.54, 1.807) is 0 Å². The van der Waals surface area contributed by atoms with Gasteiger partial charge in [0, 0.05) is 13.1 Å². The molecule has 0 unspecified atom stereocenters. The van der Waals surface area contributed by atoms with Gasteiger partial charge >= 0.3 is 5.97 Å². The Morgan fingerprint density at radius 3 is 2.58 bits per heavy atom. The Morgan fingerprint density at radius 1 is 1.26 bits per heavy atom. The maximum absolute atomic E-state index is 10.2. The summed E-state index contributed by atoms with van der Waals surface area (Å²) in [4.78, 5) is 12.5. The van der Waals surface area contributed by atoms with Gasteiger partial charge in [0.15, 0.2) is 0 Å². The zero-order valence-corrected chi connectivity index (χ0v) is 12.6. The van der Waals surface area contributed by atoms with Gasteiger partial charge in [-0.25, -0.2) is 4.79 Å². The smallest absolute Gasteiger partial charge is 0.329 e. The number of ether oxygens (including phenoxy) is 2. The van der Waals surface area contributed by atoms with Crippen molar-refractivity contribution in [1.82, 2.24) is 4.90 Å². The molecule has 0 spiro atoms. The van der Waals surface area contributed by atoms with Gasteiger partial charge < -0.3 is 19.5 Å². The van der Waals surface area contributed by atoms with Crippen molar-refractivity contribution in [3.8, 4) is 0 Å². The van der Waals surface area contributed by atoms with E-state index in [9.17, 15) is 4.79 Å². The molecule has 0 radical (unpaired) electrons. The van der Waals surface area contributed by atoms with Crippen LogP contribution in [0.5, 0.6) is 0 Å². The van der Waals surface area contributed by atoms with Crippen molar-refractivity contribution in [3.05, 3.63) is 0 Å². The van der Waals surface area contributed by atoms with Crippen molar-refractivity contribution in [2.24, 2.45) is 5.92 Å². The second-order valence-electron chi connectivity index (χ2n) is 5.07. The third-order valence-corrected chi connectivity index (χ3v) is 2.89. The first-order valence-corrected chi connectivity index (χ1v) is 7.12. The van der Waals surface area contributed by atoms with Gasteiger partial charge in [0.1, 0.15) is 6.61 Å². The first-order valence-electron chi connectivity index (χ1n) is 7.12. The van der Waals surface area contributed by atoms with Gasteiger partial charge in [0.2, 0.25) is 0 Å². The molecule has 0 saturated carbocycles. The highest BCUT2D eigenvalue weighted by atomic mass is 16.5. The van der Waals surface area contributed by atoms with Gasteiger partial charge in [-0.15, -0.1) is 0 Å². The number of nitrogens with zero attached hydrogens (tertiary/aromatic N) is 1. The minimum atomic E-state index is -0.944. The average molecular weight is 275 g/mol. The van der Waals surface area contributed by atoms with Crippen LogP contribution in [0.25, 0.3) is 0 Å². The number of carboxylic acids is 1. The van der Waals surface area contributed by atoms with E-state index in [0.29, 0.717) is 19.8 Å². The van der Waals surface area contributed by atoms with Crippen LogP contribution in [0.15, 0.2) is 0 Å². The molecule has 0 fully saturated rings. The molecule has 0 bridgehead atoms. The molecule has 0 aromatic heterocycles. The molecule has 0 saturated heterocycles. The predicted molar refractivity (Wildman–Crippen MR) is 75.5 cm³/mol. The maximum atomic E-state index is 10.2. The van der Waals surface area contributed by atoms with E-state index < -0.39 is 5.97 Å². The highest BCUT2D eigenvalue weighted by Crippen LogP contribution is 2.08. The summed E-state index contributed by atoms with van der Waals surface area (Å²) in [6.45, 7) is 7.69. The van der Waals surface area contributed by atoms with E-state index in [0.717, 1.165) is 19.0 Å². The summed E-state index contributed by atoms with van der Waals surface area (Å²) < 4.78 is 10.3. The SMILES string of the molecule is CCCC[C@H](C)CN(C)CCOCCOCC(=O)O. The third kappa shape index (κ3) is 13.6. The summed E-state index contributed by atoms with van der Waals surface area (Å²) in [5, 5.41) is 8.36. The van der Waals surface area contributed by atoms with Crippen LogP contribution in [0.1, 0.15) is 33.1 Å². The number of hydrogen-bond acceptors (Lipinski definition) is 4. The summed E-state index contributed by atoms with van der Waals surface area (Å²) in [5.74, 6) is -0.218. The number of carbonyl (C=O) groups is 1. The minimum Gasteiger partial charge on any atom is -0.480 e. The van der Waals surface area contributed by atoms with E-state index in [2.05, 4.69) is 25.8 Å². The van der Waals surface area contributed by atoms with Gasteiger partial charge in [-0.05, 0) is 19.4 Å². The van der Waals surface area contributed by atoms with Crippen LogP contribution in [-0.2, 0) is 14.3 Å². The Labute approximate surface area is 116 Å². The molecule has 0 aromatic carbocycles. The number of likely N-dealkylation sites (N-methyl/N-ethyl adjacent to an activating group) is 1. The predicted octanol–water partition coefficient (Wildman–Crippen LogP) is 1.86. The largest absolute Gasteiger partial charge is 0.480 e. The lowest BCUT2D eigenvalue weighted by molar-refractivity contribution is -0.142. The molecule has 0 aromatic rings. The number of hydrogen-bond donors (Lipinski definition) is 1. The van der Waals surface area contributed by atoms with Crippen molar-refractivity contribution in [1.29, 1.82) is 0 Å². The molecule has 5 nitrogen and oxygen atoms in total. The minimum absolute atomic E-state index is 0.252. The van der Waals surface area contributed by atoms with Crippen LogP contribution in [0.4, 0.5) is 0 Å². The van der Waals surface area contributed by atoms with Crippen LogP contribution in [0.3, 0.4) is 0 Å². The van der Waals surface area contributed by atoms with Crippen molar-refractivity contribution in [2.45, 2.75) is 33.1 Å². The quantitative estimate of drug-likeness (QED) is 0.520. The van der Waals surface area contributed by atoms with Crippen LogP contribution >= 0.6 is 0 Å². The van der Waals surface area contributed by atoms with Crippen molar-refractivity contribution in [2.75, 3.05) is 46.6 Å². The molecule has 0 aliphatic carbocycles. The van der Waals surface area contributed by atoms with Crippen LogP contribution in [-0.4, -0.2) is 62.5 Å². The molecule has 0 aliphatic heterocycles. The lowest BCUT2D eigenvalue weighted by Crippen LogP contribution is -2.28. The number of rotatable bonds is 13. The maximum Gasteiger partial charge on any atom is 0.329 e. The van der Waals surface area contributed by atoms with E-state index in [-0.39, 0.29) is 6.61 Å². The molecule has 0 amide bonds. The van der Waals surface area contributed by atoms with Crippen molar-refractivity contribution >= 4 is 5.97 Å². The summed E-state index contributed by atoms with van der Waals surface area (Å²) in [6, 6.07) is 0. The molecular weight excluding hydrogens is 246 g/mol. The molecule has 0 rings (SSSR count). The van der Waals surface area contributed by atoms with Gasteiger partial charge in [0.25, 0.3) is 0 Å². The third-order valence-electron chi connectivity index (χ3n) is 2.89. The van der Waals surface area contributed by atoms with Gasteiger partial charge in [-0.3, -0.25) is 0 Å². The molecule has 19 heavy (non-hydrogen) atoms. The lowest BCUT2D eigenvalue weighted by atomic mass is 10.0. The van der Waals surface area contributed by atoms with Crippen LogP contribution in [0.2, 0.25) is 0 Å². The lowest BCUT2D eigenvalue weighted by Gasteiger charge is -2.21. The monoisotopic (exact) mass is 275 g/mol. The number of aliphatic carboxylic acids is 1. The van der Waals surface area contributed by atoms with E-state index in [4.69, 9.17) is 14.6 Å². The Bertz CT molecular complexity index is 223. The second kappa shape index (κ2) is 12.4. The second-order valence-corrected chi connectivity index (χ2v) is 5.07. The molecular formula is C14H29NO4. The van der Waals surface area contributed by atoms with E-state index in [1.807, 2.05) is 0 Å². The first kappa shape index (κ1) is 18.4. The Kier molecular flexibility index (Phi) is 12.0.